The summed E-state index contributed by atoms with van der Waals surface area (Å²) < 4.78 is 10.3. The molecule has 0 spiro atoms. The summed E-state index contributed by atoms with van der Waals surface area (Å²) in [5, 5.41) is 3.33. The van der Waals surface area contributed by atoms with Gasteiger partial charge in [-0.2, -0.15) is 0 Å². The fraction of sp³-hybridized carbons (Fsp3) is 1.00. The van der Waals surface area contributed by atoms with Crippen molar-refractivity contribution < 1.29 is 9.47 Å². The highest BCUT2D eigenvalue weighted by Crippen LogP contribution is 2.16. The second-order valence-electron chi connectivity index (χ2n) is 4.68. The van der Waals surface area contributed by atoms with Gasteiger partial charge >= 0.3 is 0 Å². The highest BCUT2D eigenvalue weighted by molar-refractivity contribution is 4.81. The molecule has 1 rings (SSSR count). The molecular formula is C12H26N2O2. The lowest BCUT2D eigenvalue weighted by atomic mass is 9.88. The molecule has 1 heterocycles. The molecule has 4 heteroatoms. The van der Waals surface area contributed by atoms with Crippen LogP contribution in [0.1, 0.15) is 6.92 Å². The zero-order chi connectivity index (χ0) is 11.8. The molecule has 1 aliphatic rings. The van der Waals surface area contributed by atoms with E-state index in [1.54, 1.807) is 14.2 Å². The number of nitrogens with zero attached hydrogens (tertiary/aromatic N) is 1. The first-order chi connectivity index (χ1) is 7.77. The van der Waals surface area contributed by atoms with Crippen LogP contribution in [0.15, 0.2) is 0 Å². The first kappa shape index (κ1) is 13.9. The lowest BCUT2D eigenvalue weighted by Crippen LogP contribution is -2.48. The van der Waals surface area contributed by atoms with Crippen LogP contribution in [0.3, 0.4) is 0 Å². The molecule has 0 aromatic rings. The number of nitrogens with one attached hydrogen (secondary N) is 1. The van der Waals surface area contributed by atoms with E-state index in [0.717, 1.165) is 44.7 Å². The summed E-state index contributed by atoms with van der Waals surface area (Å²) in [4.78, 5) is 2.44. The van der Waals surface area contributed by atoms with Crippen molar-refractivity contribution in [3.8, 4) is 0 Å². The van der Waals surface area contributed by atoms with Crippen LogP contribution in [0.25, 0.3) is 0 Å². The molecule has 0 amide bonds. The van der Waals surface area contributed by atoms with Gasteiger partial charge < -0.3 is 14.8 Å². The van der Waals surface area contributed by atoms with E-state index in [1.807, 2.05) is 0 Å². The molecule has 1 atom stereocenters. The van der Waals surface area contributed by atoms with Crippen LogP contribution < -0.4 is 5.32 Å². The van der Waals surface area contributed by atoms with Gasteiger partial charge in [-0.3, -0.25) is 4.90 Å². The third kappa shape index (κ3) is 4.78. The summed E-state index contributed by atoms with van der Waals surface area (Å²) in [6.07, 6.45) is 0. The van der Waals surface area contributed by atoms with Crippen LogP contribution in [0, 0.1) is 11.8 Å². The molecule has 1 N–H and O–H groups in total. The van der Waals surface area contributed by atoms with Crippen molar-refractivity contribution >= 4 is 0 Å². The molecule has 96 valence electrons. The van der Waals surface area contributed by atoms with Crippen LogP contribution in [0.4, 0.5) is 0 Å². The second kappa shape index (κ2) is 8.01. The van der Waals surface area contributed by atoms with Gasteiger partial charge in [-0.15, -0.1) is 0 Å². The first-order valence-corrected chi connectivity index (χ1v) is 6.19. The Kier molecular flexibility index (Phi) is 6.96. The van der Waals surface area contributed by atoms with E-state index in [2.05, 4.69) is 17.1 Å². The second-order valence-corrected chi connectivity index (χ2v) is 4.68. The number of methoxy groups -OCH3 is 2. The van der Waals surface area contributed by atoms with Crippen molar-refractivity contribution in [1.29, 1.82) is 0 Å². The SMILES string of the molecule is COCCN(CCOC)CC(C)C1CNC1. The van der Waals surface area contributed by atoms with Crippen molar-refractivity contribution in [2.75, 3.05) is 60.2 Å². The lowest BCUT2D eigenvalue weighted by Gasteiger charge is -2.35. The van der Waals surface area contributed by atoms with E-state index in [-0.39, 0.29) is 0 Å². The Morgan fingerprint density at radius 2 is 1.75 bits per heavy atom. The van der Waals surface area contributed by atoms with E-state index in [4.69, 9.17) is 9.47 Å². The van der Waals surface area contributed by atoms with E-state index >= 15 is 0 Å². The zero-order valence-electron chi connectivity index (χ0n) is 10.9. The van der Waals surface area contributed by atoms with Crippen molar-refractivity contribution in [3.63, 3.8) is 0 Å². The number of hydrogen-bond acceptors (Lipinski definition) is 4. The minimum atomic E-state index is 0.759. The highest BCUT2D eigenvalue weighted by atomic mass is 16.5. The minimum absolute atomic E-state index is 0.759. The molecule has 0 aliphatic carbocycles. The summed E-state index contributed by atoms with van der Waals surface area (Å²) in [7, 11) is 3.52. The summed E-state index contributed by atoms with van der Waals surface area (Å²) in [6, 6.07) is 0. The molecule has 1 unspecified atom stereocenters. The van der Waals surface area contributed by atoms with Crippen LogP contribution in [-0.4, -0.2) is 65.1 Å². The van der Waals surface area contributed by atoms with E-state index in [1.165, 1.54) is 13.1 Å². The highest BCUT2D eigenvalue weighted by Gasteiger charge is 2.24. The minimum Gasteiger partial charge on any atom is -0.383 e. The maximum Gasteiger partial charge on any atom is 0.0589 e. The van der Waals surface area contributed by atoms with E-state index in [0.29, 0.717) is 0 Å². The van der Waals surface area contributed by atoms with Gasteiger partial charge in [-0.1, -0.05) is 6.92 Å². The summed E-state index contributed by atoms with van der Waals surface area (Å²) in [6.45, 7) is 9.48. The van der Waals surface area contributed by atoms with Crippen LogP contribution in [0.5, 0.6) is 0 Å². The lowest BCUT2D eigenvalue weighted by molar-refractivity contribution is 0.0913. The number of hydrogen-bond donors (Lipinski definition) is 1. The van der Waals surface area contributed by atoms with Crippen molar-refractivity contribution in [3.05, 3.63) is 0 Å². The Balaban J connectivity index is 2.23. The Morgan fingerprint density at radius 1 is 1.19 bits per heavy atom. The Labute approximate surface area is 99.3 Å². The van der Waals surface area contributed by atoms with Crippen LogP contribution >= 0.6 is 0 Å². The van der Waals surface area contributed by atoms with E-state index in [9.17, 15) is 0 Å². The monoisotopic (exact) mass is 230 g/mol. The third-order valence-electron chi connectivity index (χ3n) is 3.39. The Morgan fingerprint density at radius 3 is 2.12 bits per heavy atom. The van der Waals surface area contributed by atoms with Gasteiger partial charge in [0, 0.05) is 33.9 Å². The summed E-state index contributed by atoms with van der Waals surface area (Å²) in [5.74, 6) is 1.61. The fourth-order valence-corrected chi connectivity index (χ4v) is 2.00. The number of rotatable bonds is 9. The smallest absolute Gasteiger partial charge is 0.0589 e. The van der Waals surface area contributed by atoms with Crippen LogP contribution in [-0.2, 0) is 9.47 Å². The van der Waals surface area contributed by atoms with Crippen molar-refractivity contribution in [1.82, 2.24) is 10.2 Å². The quantitative estimate of drug-likeness (QED) is 0.623. The van der Waals surface area contributed by atoms with Crippen molar-refractivity contribution in [2.24, 2.45) is 11.8 Å². The maximum absolute atomic E-state index is 5.14. The van der Waals surface area contributed by atoms with Gasteiger partial charge in [0.25, 0.3) is 0 Å². The molecule has 1 fully saturated rings. The molecule has 1 saturated heterocycles. The van der Waals surface area contributed by atoms with Gasteiger partial charge in [0.15, 0.2) is 0 Å². The Bertz CT molecular complexity index is 166. The molecule has 16 heavy (non-hydrogen) atoms. The first-order valence-electron chi connectivity index (χ1n) is 6.19. The van der Waals surface area contributed by atoms with Gasteiger partial charge in [-0.25, -0.2) is 0 Å². The predicted molar refractivity (Wildman–Crippen MR) is 65.7 cm³/mol. The molecule has 1 aliphatic heterocycles. The Hall–Kier alpha value is -0.160. The summed E-state index contributed by atoms with van der Waals surface area (Å²) >= 11 is 0. The molecule has 4 nitrogen and oxygen atoms in total. The average Bonchev–Trinajstić information content (AvgIpc) is 2.19. The standard InChI is InChI=1S/C12H26N2O2/c1-11(12-8-13-9-12)10-14(4-6-15-2)5-7-16-3/h11-13H,4-10H2,1-3H3. The molecule has 0 saturated carbocycles. The fourth-order valence-electron chi connectivity index (χ4n) is 2.00. The molecule has 0 bridgehead atoms. The molecule has 0 aromatic heterocycles. The van der Waals surface area contributed by atoms with E-state index < -0.39 is 0 Å². The van der Waals surface area contributed by atoms with Crippen LogP contribution in [0.2, 0.25) is 0 Å². The third-order valence-corrected chi connectivity index (χ3v) is 3.39. The van der Waals surface area contributed by atoms with Crippen molar-refractivity contribution in [2.45, 2.75) is 6.92 Å². The number of ether oxygens (including phenoxy) is 2. The predicted octanol–water partition coefficient (Wildman–Crippen LogP) is 0.437. The summed E-state index contributed by atoms with van der Waals surface area (Å²) in [5.41, 5.74) is 0. The largest absolute Gasteiger partial charge is 0.383 e. The van der Waals surface area contributed by atoms with Gasteiger partial charge in [-0.05, 0) is 24.9 Å². The van der Waals surface area contributed by atoms with Gasteiger partial charge in [0.05, 0.1) is 13.2 Å². The normalized spacial score (nSPS) is 18.8. The molecule has 0 radical (unpaired) electrons. The maximum atomic E-state index is 5.14. The zero-order valence-corrected chi connectivity index (χ0v) is 10.9. The van der Waals surface area contributed by atoms with Gasteiger partial charge in [0.1, 0.15) is 0 Å². The topological polar surface area (TPSA) is 33.7 Å². The molecule has 0 aromatic carbocycles. The molecular weight excluding hydrogens is 204 g/mol. The van der Waals surface area contributed by atoms with Gasteiger partial charge in [0.2, 0.25) is 0 Å². The average molecular weight is 230 g/mol.